The SMILES string of the molecule is CCN(CC1CCCO1)c1nc(C)c(C=O)s1. The van der Waals surface area contributed by atoms with Crippen molar-refractivity contribution in [3.05, 3.63) is 10.6 Å². The van der Waals surface area contributed by atoms with Crippen LogP contribution in [0.15, 0.2) is 0 Å². The molecule has 17 heavy (non-hydrogen) atoms. The smallest absolute Gasteiger partial charge is 0.186 e. The number of hydrogen-bond donors (Lipinski definition) is 0. The molecule has 1 atom stereocenters. The van der Waals surface area contributed by atoms with Crippen molar-refractivity contribution in [2.24, 2.45) is 0 Å². The molecule has 1 aromatic heterocycles. The number of aryl methyl sites for hydroxylation is 1. The summed E-state index contributed by atoms with van der Waals surface area (Å²) in [7, 11) is 0. The van der Waals surface area contributed by atoms with E-state index in [1.165, 1.54) is 11.3 Å². The second-order valence-electron chi connectivity index (χ2n) is 4.24. The van der Waals surface area contributed by atoms with Gasteiger partial charge in [-0.3, -0.25) is 4.79 Å². The van der Waals surface area contributed by atoms with Gasteiger partial charge in [0, 0.05) is 19.7 Å². The van der Waals surface area contributed by atoms with Gasteiger partial charge in [0.05, 0.1) is 16.7 Å². The Labute approximate surface area is 106 Å². The highest BCUT2D eigenvalue weighted by Crippen LogP contribution is 2.26. The van der Waals surface area contributed by atoms with Crippen LogP contribution in [0.5, 0.6) is 0 Å². The van der Waals surface area contributed by atoms with E-state index < -0.39 is 0 Å². The van der Waals surface area contributed by atoms with Crippen molar-refractivity contribution in [1.82, 2.24) is 4.98 Å². The molecule has 0 amide bonds. The maximum atomic E-state index is 10.8. The average molecular weight is 254 g/mol. The second kappa shape index (κ2) is 5.60. The van der Waals surface area contributed by atoms with E-state index in [0.717, 1.165) is 54.5 Å². The Morgan fingerprint density at radius 2 is 2.47 bits per heavy atom. The molecule has 0 N–H and O–H groups in total. The minimum atomic E-state index is 0.318. The standard InChI is InChI=1S/C12H18N2O2S/c1-3-14(7-10-5-4-6-16-10)12-13-9(2)11(8-15)17-12/h8,10H,3-7H2,1-2H3. The zero-order chi connectivity index (χ0) is 12.3. The van der Waals surface area contributed by atoms with Crippen molar-refractivity contribution in [1.29, 1.82) is 0 Å². The van der Waals surface area contributed by atoms with E-state index in [1.807, 2.05) is 6.92 Å². The molecular weight excluding hydrogens is 236 g/mol. The second-order valence-corrected chi connectivity index (χ2v) is 5.25. The number of nitrogens with zero attached hydrogens (tertiary/aromatic N) is 2. The first kappa shape index (κ1) is 12.5. The van der Waals surface area contributed by atoms with Gasteiger partial charge >= 0.3 is 0 Å². The van der Waals surface area contributed by atoms with Crippen LogP contribution < -0.4 is 4.90 Å². The molecule has 2 heterocycles. The van der Waals surface area contributed by atoms with Gasteiger partial charge in [0.1, 0.15) is 0 Å². The predicted octanol–water partition coefficient (Wildman–Crippen LogP) is 2.27. The third kappa shape index (κ3) is 2.84. The summed E-state index contributed by atoms with van der Waals surface area (Å²) < 4.78 is 5.64. The first-order chi connectivity index (χ1) is 8.24. The van der Waals surface area contributed by atoms with Crippen LogP contribution in [0.4, 0.5) is 5.13 Å². The topological polar surface area (TPSA) is 42.4 Å². The summed E-state index contributed by atoms with van der Waals surface area (Å²) in [6.45, 7) is 6.63. The largest absolute Gasteiger partial charge is 0.376 e. The fraction of sp³-hybridized carbons (Fsp3) is 0.667. The lowest BCUT2D eigenvalue weighted by Crippen LogP contribution is -2.31. The number of thiazole rings is 1. The molecule has 1 fully saturated rings. The first-order valence-corrected chi connectivity index (χ1v) is 6.85. The lowest BCUT2D eigenvalue weighted by molar-refractivity contribution is 0.112. The van der Waals surface area contributed by atoms with Crippen LogP contribution >= 0.6 is 11.3 Å². The molecule has 1 unspecified atom stereocenters. The minimum absolute atomic E-state index is 0.318. The lowest BCUT2D eigenvalue weighted by Gasteiger charge is -2.23. The molecule has 1 aliphatic heterocycles. The minimum Gasteiger partial charge on any atom is -0.376 e. The van der Waals surface area contributed by atoms with Crippen LogP contribution in [0, 0.1) is 6.92 Å². The van der Waals surface area contributed by atoms with Crippen molar-refractivity contribution in [2.75, 3.05) is 24.6 Å². The van der Waals surface area contributed by atoms with Crippen LogP contribution in [0.2, 0.25) is 0 Å². The molecule has 0 aromatic carbocycles. The fourth-order valence-corrected chi connectivity index (χ4v) is 2.97. The van der Waals surface area contributed by atoms with E-state index in [4.69, 9.17) is 4.74 Å². The Balaban J connectivity index is 2.07. The molecule has 0 spiro atoms. The number of carbonyl (C=O) groups excluding carboxylic acids is 1. The third-order valence-corrected chi connectivity index (χ3v) is 4.17. The van der Waals surface area contributed by atoms with Gasteiger partial charge in [-0.1, -0.05) is 11.3 Å². The molecular formula is C12H18N2O2S. The van der Waals surface area contributed by atoms with Gasteiger partial charge in [0.15, 0.2) is 11.4 Å². The number of hydrogen-bond acceptors (Lipinski definition) is 5. The summed E-state index contributed by atoms with van der Waals surface area (Å²) in [5.41, 5.74) is 0.825. The summed E-state index contributed by atoms with van der Waals surface area (Å²) in [5, 5.41) is 0.933. The van der Waals surface area contributed by atoms with E-state index in [1.54, 1.807) is 0 Å². The Hall–Kier alpha value is -0.940. The molecule has 1 aromatic rings. The van der Waals surface area contributed by atoms with E-state index in [0.29, 0.717) is 6.10 Å². The number of ether oxygens (including phenoxy) is 1. The van der Waals surface area contributed by atoms with Gasteiger partial charge in [-0.25, -0.2) is 4.98 Å². The molecule has 4 nitrogen and oxygen atoms in total. The van der Waals surface area contributed by atoms with Crippen LogP contribution in [-0.4, -0.2) is 37.1 Å². The summed E-state index contributed by atoms with van der Waals surface area (Å²) in [4.78, 5) is 18.2. The van der Waals surface area contributed by atoms with Crippen molar-refractivity contribution < 1.29 is 9.53 Å². The van der Waals surface area contributed by atoms with Gasteiger partial charge in [-0.05, 0) is 26.7 Å². The monoisotopic (exact) mass is 254 g/mol. The molecule has 2 rings (SSSR count). The van der Waals surface area contributed by atoms with Crippen LogP contribution in [-0.2, 0) is 4.74 Å². The average Bonchev–Trinajstić information content (AvgIpc) is 2.95. The van der Waals surface area contributed by atoms with Crippen LogP contribution in [0.25, 0.3) is 0 Å². The van der Waals surface area contributed by atoms with Gasteiger partial charge in [-0.15, -0.1) is 0 Å². The first-order valence-electron chi connectivity index (χ1n) is 6.03. The van der Waals surface area contributed by atoms with Gasteiger partial charge < -0.3 is 9.64 Å². The van der Waals surface area contributed by atoms with Crippen molar-refractivity contribution in [3.8, 4) is 0 Å². The maximum absolute atomic E-state index is 10.8. The highest BCUT2D eigenvalue weighted by atomic mass is 32.1. The number of anilines is 1. The highest BCUT2D eigenvalue weighted by molar-refractivity contribution is 7.17. The summed E-state index contributed by atoms with van der Waals surface area (Å²) >= 11 is 1.47. The van der Waals surface area contributed by atoms with E-state index in [9.17, 15) is 4.79 Å². The quantitative estimate of drug-likeness (QED) is 0.756. The number of carbonyl (C=O) groups is 1. The Bertz CT molecular complexity index is 386. The number of aldehydes is 1. The van der Waals surface area contributed by atoms with Crippen molar-refractivity contribution >= 4 is 22.8 Å². The Morgan fingerprint density at radius 1 is 1.65 bits per heavy atom. The van der Waals surface area contributed by atoms with E-state index in [2.05, 4.69) is 16.8 Å². The predicted molar refractivity (Wildman–Crippen MR) is 69.1 cm³/mol. The Morgan fingerprint density at radius 3 is 3.00 bits per heavy atom. The number of rotatable bonds is 5. The van der Waals surface area contributed by atoms with Gasteiger partial charge in [0.25, 0.3) is 0 Å². The molecule has 0 bridgehead atoms. The number of aromatic nitrogens is 1. The maximum Gasteiger partial charge on any atom is 0.186 e. The van der Waals surface area contributed by atoms with Gasteiger partial charge in [0.2, 0.25) is 0 Å². The van der Waals surface area contributed by atoms with Crippen LogP contribution in [0.3, 0.4) is 0 Å². The van der Waals surface area contributed by atoms with E-state index in [-0.39, 0.29) is 0 Å². The van der Waals surface area contributed by atoms with Gasteiger partial charge in [-0.2, -0.15) is 0 Å². The fourth-order valence-electron chi connectivity index (χ4n) is 2.01. The molecule has 0 radical (unpaired) electrons. The zero-order valence-electron chi connectivity index (χ0n) is 10.3. The number of likely N-dealkylation sites (N-methyl/N-ethyl adjacent to an activating group) is 1. The summed E-state index contributed by atoms with van der Waals surface area (Å²) in [6, 6.07) is 0. The molecule has 5 heteroatoms. The molecule has 1 saturated heterocycles. The molecule has 1 aliphatic rings. The van der Waals surface area contributed by atoms with Crippen LogP contribution in [0.1, 0.15) is 35.1 Å². The molecule has 0 aliphatic carbocycles. The zero-order valence-corrected chi connectivity index (χ0v) is 11.1. The van der Waals surface area contributed by atoms with E-state index >= 15 is 0 Å². The molecule has 0 saturated carbocycles. The van der Waals surface area contributed by atoms with Crippen molar-refractivity contribution in [2.45, 2.75) is 32.8 Å². The normalized spacial score (nSPS) is 19.5. The molecule has 94 valence electrons. The summed E-state index contributed by atoms with van der Waals surface area (Å²) in [5.74, 6) is 0. The van der Waals surface area contributed by atoms with Crippen molar-refractivity contribution in [3.63, 3.8) is 0 Å². The summed E-state index contributed by atoms with van der Waals surface area (Å²) in [6.07, 6.45) is 3.48. The highest BCUT2D eigenvalue weighted by Gasteiger charge is 2.21. The third-order valence-electron chi connectivity index (χ3n) is 3.03. The lowest BCUT2D eigenvalue weighted by atomic mass is 10.2. The Kier molecular flexibility index (Phi) is 4.12.